The molecule has 0 aliphatic heterocycles. The summed E-state index contributed by atoms with van der Waals surface area (Å²) < 4.78 is 30.0. The lowest BCUT2D eigenvalue weighted by molar-refractivity contribution is 0.104. The maximum Gasteiger partial charge on any atom is 0.407 e. The Bertz CT molecular complexity index is 657. The topological polar surface area (TPSA) is 121 Å². The Morgan fingerprint density at radius 3 is 2.62 bits per heavy atom. The number of rotatable bonds is 10. The molecule has 0 spiro atoms. The minimum Gasteiger partial charge on any atom is -0.445 e. The second kappa shape index (κ2) is 10.5. The summed E-state index contributed by atoms with van der Waals surface area (Å²) in [6, 6.07) is 8.08. The van der Waals surface area contributed by atoms with Crippen LogP contribution in [0.25, 0.3) is 10.4 Å². The molecule has 0 bridgehead atoms. The van der Waals surface area contributed by atoms with Gasteiger partial charge in [0.25, 0.3) is 0 Å². The molecule has 1 unspecified atom stereocenters. The molecule has 8 nitrogen and oxygen atoms in total. The second-order valence-electron chi connectivity index (χ2n) is 5.18. The van der Waals surface area contributed by atoms with Gasteiger partial charge in [-0.05, 0) is 36.9 Å². The molecule has 0 heterocycles. The number of nitrogens with zero attached hydrogens (tertiary/aromatic N) is 3. The van der Waals surface area contributed by atoms with Crippen molar-refractivity contribution >= 4 is 15.9 Å². The van der Waals surface area contributed by atoms with Gasteiger partial charge in [-0.2, -0.15) is 0 Å². The fourth-order valence-electron chi connectivity index (χ4n) is 2.13. The van der Waals surface area contributed by atoms with Gasteiger partial charge in [0.15, 0.2) is 9.84 Å². The Kier molecular flexibility index (Phi) is 8.67. The minimum atomic E-state index is -3.54. The van der Waals surface area contributed by atoms with E-state index in [1.165, 1.54) is 19.2 Å². The molecule has 0 fully saturated rings. The lowest BCUT2D eigenvalue weighted by atomic mass is 10.1. The van der Waals surface area contributed by atoms with Crippen molar-refractivity contribution in [2.75, 3.05) is 19.3 Å². The maximum atomic E-state index is 12.4. The summed E-state index contributed by atoms with van der Waals surface area (Å²) in [5.74, 6) is -0.263. The number of hydrogen-bond donors (Lipinski definition) is 1. The van der Waals surface area contributed by atoms with Crippen molar-refractivity contribution in [2.24, 2.45) is 5.11 Å². The standard InChI is InChI=1S/C15H22N4O4S/c1-17-15(20)23-13(8-4-3-7-11-18-19-16)12-24(21,22)14-9-5-2-6-10-14/h2,5-6,9-10,13H,3-4,7-8,11-12H2,1H3,(H,17,20). The first-order valence-electron chi connectivity index (χ1n) is 7.66. The molecule has 1 rings (SSSR count). The second-order valence-corrected chi connectivity index (χ2v) is 7.21. The summed E-state index contributed by atoms with van der Waals surface area (Å²) in [6.45, 7) is 0.403. The van der Waals surface area contributed by atoms with Crippen molar-refractivity contribution in [1.29, 1.82) is 0 Å². The van der Waals surface area contributed by atoms with E-state index in [-0.39, 0.29) is 10.6 Å². The SMILES string of the molecule is CNC(=O)OC(CCCCCN=[N+]=[N-])CS(=O)(=O)c1ccccc1. The monoisotopic (exact) mass is 354 g/mol. The van der Waals surface area contributed by atoms with E-state index >= 15 is 0 Å². The average molecular weight is 354 g/mol. The normalized spacial score (nSPS) is 12.0. The molecule has 0 radical (unpaired) electrons. The molecule has 0 saturated heterocycles. The van der Waals surface area contributed by atoms with Crippen LogP contribution in [0.5, 0.6) is 0 Å². The first-order chi connectivity index (χ1) is 11.5. The molecule has 0 aliphatic carbocycles. The van der Waals surface area contributed by atoms with Crippen molar-refractivity contribution in [2.45, 2.75) is 36.7 Å². The number of amides is 1. The highest BCUT2D eigenvalue weighted by atomic mass is 32.2. The van der Waals surface area contributed by atoms with E-state index in [2.05, 4.69) is 15.3 Å². The summed E-state index contributed by atoms with van der Waals surface area (Å²) in [7, 11) is -2.11. The van der Waals surface area contributed by atoms with E-state index in [1.807, 2.05) is 0 Å². The number of unbranched alkanes of at least 4 members (excludes halogenated alkanes) is 2. The smallest absolute Gasteiger partial charge is 0.407 e. The van der Waals surface area contributed by atoms with Crippen LogP contribution in [0, 0.1) is 0 Å². The third-order valence-corrected chi connectivity index (χ3v) is 5.13. The molecular formula is C15H22N4O4S. The van der Waals surface area contributed by atoms with Crippen LogP contribution in [0.1, 0.15) is 25.7 Å². The predicted molar refractivity (Wildman–Crippen MR) is 90.3 cm³/mol. The Balaban J connectivity index is 2.64. The van der Waals surface area contributed by atoms with E-state index in [0.29, 0.717) is 25.8 Å². The molecule has 24 heavy (non-hydrogen) atoms. The van der Waals surface area contributed by atoms with Gasteiger partial charge in [-0.15, -0.1) is 0 Å². The van der Waals surface area contributed by atoms with Crippen molar-refractivity contribution in [3.8, 4) is 0 Å². The largest absolute Gasteiger partial charge is 0.445 e. The summed E-state index contributed by atoms with van der Waals surface area (Å²) >= 11 is 0. The molecule has 1 aromatic rings. The van der Waals surface area contributed by atoms with E-state index < -0.39 is 22.0 Å². The van der Waals surface area contributed by atoms with Crippen LogP contribution < -0.4 is 5.32 Å². The first-order valence-corrected chi connectivity index (χ1v) is 9.32. The molecule has 1 atom stereocenters. The number of ether oxygens (including phenoxy) is 1. The van der Waals surface area contributed by atoms with Crippen molar-refractivity contribution in [1.82, 2.24) is 5.32 Å². The van der Waals surface area contributed by atoms with Gasteiger partial charge in [0.05, 0.1) is 10.6 Å². The number of nitrogens with one attached hydrogen (secondary N) is 1. The van der Waals surface area contributed by atoms with E-state index in [0.717, 1.165) is 6.42 Å². The molecule has 1 amide bonds. The lowest BCUT2D eigenvalue weighted by Crippen LogP contribution is -2.31. The van der Waals surface area contributed by atoms with Crippen LogP contribution in [0.3, 0.4) is 0 Å². The Hall–Kier alpha value is -2.25. The Labute approximate surface area is 141 Å². The van der Waals surface area contributed by atoms with E-state index in [9.17, 15) is 13.2 Å². The number of carbonyl (C=O) groups is 1. The van der Waals surface area contributed by atoms with Crippen LogP contribution in [0.15, 0.2) is 40.3 Å². The number of carbonyl (C=O) groups excluding carboxylic acids is 1. The third-order valence-electron chi connectivity index (χ3n) is 3.33. The van der Waals surface area contributed by atoms with Crippen molar-refractivity contribution in [3.63, 3.8) is 0 Å². The molecular weight excluding hydrogens is 332 g/mol. The molecule has 9 heteroatoms. The Morgan fingerprint density at radius 2 is 2.00 bits per heavy atom. The van der Waals surface area contributed by atoms with Gasteiger partial charge in [-0.25, -0.2) is 13.2 Å². The van der Waals surface area contributed by atoms with Gasteiger partial charge in [-0.3, -0.25) is 0 Å². The lowest BCUT2D eigenvalue weighted by Gasteiger charge is -2.17. The van der Waals surface area contributed by atoms with Crippen LogP contribution in [-0.4, -0.2) is 40.0 Å². The van der Waals surface area contributed by atoms with Crippen molar-refractivity contribution < 1.29 is 17.9 Å². The Morgan fingerprint density at radius 1 is 1.29 bits per heavy atom. The minimum absolute atomic E-state index is 0.207. The summed E-state index contributed by atoms with van der Waals surface area (Å²) in [6.07, 6.45) is 1.19. The van der Waals surface area contributed by atoms with E-state index in [4.69, 9.17) is 10.3 Å². The zero-order valence-corrected chi connectivity index (χ0v) is 14.4. The summed E-state index contributed by atoms with van der Waals surface area (Å²) in [4.78, 5) is 14.3. The number of alkyl carbamates (subject to hydrolysis) is 1. The highest BCUT2D eigenvalue weighted by molar-refractivity contribution is 7.91. The molecule has 0 aliphatic rings. The molecule has 0 aromatic heterocycles. The number of sulfone groups is 1. The van der Waals surface area contributed by atoms with Crippen LogP contribution in [0.2, 0.25) is 0 Å². The summed E-state index contributed by atoms with van der Waals surface area (Å²) in [5.41, 5.74) is 8.20. The van der Waals surface area contributed by atoms with Gasteiger partial charge in [-0.1, -0.05) is 29.7 Å². The molecule has 132 valence electrons. The maximum absolute atomic E-state index is 12.4. The highest BCUT2D eigenvalue weighted by Gasteiger charge is 2.23. The zero-order chi connectivity index (χ0) is 17.8. The molecule has 1 N–H and O–H groups in total. The fourth-order valence-corrected chi connectivity index (χ4v) is 3.62. The summed E-state index contributed by atoms with van der Waals surface area (Å²) in [5, 5.41) is 5.77. The van der Waals surface area contributed by atoms with Gasteiger partial charge in [0.1, 0.15) is 6.10 Å². The van der Waals surface area contributed by atoms with Crippen LogP contribution >= 0.6 is 0 Å². The van der Waals surface area contributed by atoms with Crippen LogP contribution in [-0.2, 0) is 14.6 Å². The van der Waals surface area contributed by atoms with Crippen molar-refractivity contribution in [3.05, 3.63) is 40.8 Å². The van der Waals surface area contributed by atoms with Gasteiger partial charge < -0.3 is 10.1 Å². The predicted octanol–water partition coefficient (Wildman–Crippen LogP) is 3.06. The average Bonchev–Trinajstić information content (AvgIpc) is 2.58. The number of azide groups is 1. The fraction of sp³-hybridized carbons (Fsp3) is 0.533. The highest BCUT2D eigenvalue weighted by Crippen LogP contribution is 2.16. The van der Waals surface area contributed by atoms with Gasteiger partial charge in [0.2, 0.25) is 0 Å². The number of benzene rings is 1. The number of hydrogen-bond acceptors (Lipinski definition) is 5. The van der Waals surface area contributed by atoms with E-state index in [1.54, 1.807) is 18.2 Å². The molecule has 1 aromatic carbocycles. The van der Waals surface area contributed by atoms with Gasteiger partial charge >= 0.3 is 6.09 Å². The van der Waals surface area contributed by atoms with Gasteiger partial charge in [0, 0.05) is 18.5 Å². The zero-order valence-electron chi connectivity index (χ0n) is 13.6. The molecule has 0 saturated carbocycles. The first kappa shape index (κ1) is 19.8. The quantitative estimate of drug-likeness (QED) is 0.300. The third kappa shape index (κ3) is 7.34. The van der Waals surface area contributed by atoms with Crippen LogP contribution in [0.4, 0.5) is 4.79 Å².